The molecule has 1 unspecified atom stereocenters. The van der Waals surface area contributed by atoms with E-state index in [-0.39, 0.29) is 12.0 Å². The van der Waals surface area contributed by atoms with Crippen molar-refractivity contribution >= 4 is 22.4 Å². The topological polar surface area (TPSA) is 77.2 Å². The van der Waals surface area contributed by atoms with Crippen molar-refractivity contribution in [3.63, 3.8) is 0 Å². The van der Waals surface area contributed by atoms with Crippen molar-refractivity contribution in [2.24, 2.45) is 5.73 Å². The van der Waals surface area contributed by atoms with Gasteiger partial charge in [0.2, 0.25) is 5.91 Å². The minimum atomic E-state index is -0.745. The molecule has 0 aliphatic carbocycles. The fourth-order valence-corrected chi connectivity index (χ4v) is 2.74. The van der Waals surface area contributed by atoms with Crippen molar-refractivity contribution in [3.05, 3.63) is 47.0 Å². The number of benzene rings is 1. The van der Waals surface area contributed by atoms with Gasteiger partial charge in [0.25, 0.3) is 0 Å². The molecule has 0 fully saturated rings. The molecule has 0 spiro atoms. The summed E-state index contributed by atoms with van der Waals surface area (Å²) in [7, 11) is 0. The maximum Gasteiger partial charge on any atom is 0.245 e. The summed E-state index contributed by atoms with van der Waals surface area (Å²) in [6.45, 7) is 6.40. The molecule has 6 heteroatoms. The lowest BCUT2D eigenvalue weighted by Gasteiger charge is -2.19. The van der Waals surface area contributed by atoms with Crippen molar-refractivity contribution in [3.8, 4) is 0 Å². The molecule has 0 aliphatic rings. The number of amides is 1. The van der Waals surface area contributed by atoms with Crippen LogP contribution in [0.3, 0.4) is 0 Å². The van der Waals surface area contributed by atoms with Gasteiger partial charge in [0.05, 0.1) is 12.7 Å². The molecule has 0 saturated heterocycles. The summed E-state index contributed by atoms with van der Waals surface area (Å²) < 4.78 is 5.69. The SMILES string of the molecule is CC(C)c1cnc(NC(=O)[C@@H](N)C(C)OCc2ccccc2)s1. The second-order valence-electron chi connectivity index (χ2n) is 5.74. The van der Waals surface area contributed by atoms with Crippen molar-refractivity contribution in [2.75, 3.05) is 5.32 Å². The summed E-state index contributed by atoms with van der Waals surface area (Å²) in [5.74, 6) is 0.107. The number of hydrogen-bond acceptors (Lipinski definition) is 5. The standard InChI is InChI=1S/C17H23N3O2S/c1-11(2)14-9-19-17(23-14)20-16(21)15(18)12(3)22-10-13-7-5-4-6-8-13/h4-9,11-12,15H,10,18H2,1-3H3,(H,19,20,21)/t12?,15-/m0/s1. The first-order valence-electron chi connectivity index (χ1n) is 7.65. The Morgan fingerprint density at radius 1 is 1.30 bits per heavy atom. The Balaban J connectivity index is 1.85. The van der Waals surface area contributed by atoms with E-state index in [2.05, 4.69) is 24.1 Å². The molecule has 0 aliphatic heterocycles. The number of anilines is 1. The van der Waals surface area contributed by atoms with E-state index in [4.69, 9.17) is 10.5 Å². The highest BCUT2D eigenvalue weighted by atomic mass is 32.1. The van der Waals surface area contributed by atoms with Gasteiger partial charge in [0.1, 0.15) is 6.04 Å². The van der Waals surface area contributed by atoms with Gasteiger partial charge in [-0.3, -0.25) is 4.79 Å². The lowest BCUT2D eigenvalue weighted by Crippen LogP contribution is -2.45. The fraction of sp³-hybridized carbons (Fsp3) is 0.412. The van der Waals surface area contributed by atoms with E-state index >= 15 is 0 Å². The third kappa shape index (κ3) is 5.13. The van der Waals surface area contributed by atoms with Crippen LogP contribution in [-0.4, -0.2) is 23.0 Å². The number of aromatic nitrogens is 1. The van der Waals surface area contributed by atoms with Gasteiger partial charge in [-0.1, -0.05) is 44.2 Å². The van der Waals surface area contributed by atoms with Crippen LogP contribution in [0.25, 0.3) is 0 Å². The summed E-state index contributed by atoms with van der Waals surface area (Å²) in [6.07, 6.45) is 1.39. The highest BCUT2D eigenvalue weighted by molar-refractivity contribution is 7.15. The van der Waals surface area contributed by atoms with E-state index in [1.165, 1.54) is 11.3 Å². The molecular formula is C17H23N3O2S. The van der Waals surface area contributed by atoms with Gasteiger partial charge in [0.15, 0.2) is 5.13 Å². The Labute approximate surface area is 140 Å². The van der Waals surface area contributed by atoms with Crippen LogP contribution in [0.1, 0.15) is 37.1 Å². The molecule has 1 heterocycles. The van der Waals surface area contributed by atoms with Crippen LogP contribution in [0.4, 0.5) is 5.13 Å². The van der Waals surface area contributed by atoms with E-state index < -0.39 is 6.04 Å². The number of nitrogens with zero attached hydrogens (tertiary/aromatic N) is 1. The summed E-state index contributed by atoms with van der Waals surface area (Å²) in [6, 6.07) is 9.05. The Bertz CT molecular complexity index is 628. The minimum Gasteiger partial charge on any atom is -0.372 e. The van der Waals surface area contributed by atoms with Gasteiger partial charge < -0.3 is 15.8 Å². The Morgan fingerprint density at radius 2 is 2.00 bits per heavy atom. The number of carbonyl (C=O) groups is 1. The maximum absolute atomic E-state index is 12.2. The van der Waals surface area contributed by atoms with Crippen LogP contribution < -0.4 is 11.1 Å². The molecule has 1 aromatic carbocycles. The molecule has 2 aromatic rings. The zero-order valence-corrected chi connectivity index (χ0v) is 14.5. The van der Waals surface area contributed by atoms with Crippen molar-refractivity contribution in [1.29, 1.82) is 0 Å². The molecule has 2 atom stereocenters. The number of nitrogens with two attached hydrogens (primary N) is 1. The Kier molecular flexibility index (Phi) is 6.27. The number of rotatable bonds is 7. The van der Waals surface area contributed by atoms with Crippen molar-refractivity contribution in [1.82, 2.24) is 4.98 Å². The Hall–Kier alpha value is -1.76. The molecule has 1 amide bonds. The first-order valence-corrected chi connectivity index (χ1v) is 8.46. The monoisotopic (exact) mass is 333 g/mol. The van der Waals surface area contributed by atoms with Crippen LogP contribution >= 0.6 is 11.3 Å². The van der Waals surface area contributed by atoms with Crippen LogP contribution in [0.2, 0.25) is 0 Å². The van der Waals surface area contributed by atoms with Gasteiger partial charge >= 0.3 is 0 Å². The number of carbonyl (C=O) groups excluding carboxylic acids is 1. The van der Waals surface area contributed by atoms with E-state index in [0.717, 1.165) is 10.4 Å². The zero-order chi connectivity index (χ0) is 16.8. The Morgan fingerprint density at radius 3 is 2.61 bits per heavy atom. The van der Waals surface area contributed by atoms with Gasteiger partial charge in [-0.05, 0) is 18.4 Å². The molecule has 3 N–H and O–H groups in total. The van der Waals surface area contributed by atoms with Gasteiger partial charge in [0, 0.05) is 11.1 Å². The summed E-state index contributed by atoms with van der Waals surface area (Å²) in [5.41, 5.74) is 7.03. The molecule has 23 heavy (non-hydrogen) atoms. The molecule has 0 saturated carbocycles. The lowest BCUT2D eigenvalue weighted by molar-refractivity contribution is -0.120. The molecule has 124 valence electrons. The van der Waals surface area contributed by atoms with Crippen LogP contribution in [-0.2, 0) is 16.1 Å². The number of ether oxygens (including phenoxy) is 1. The summed E-state index contributed by atoms with van der Waals surface area (Å²) in [5, 5.41) is 3.33. The predicted octanol–water partition coefficient (Wildman–Crippen LogP) is 3.14. The van der Waals surface area contributed by atoms with Crippen LogP contribution in [0, 0.1) is 0 Å². The number of hydrogen-bond donors (Lipinski definition) is 2. The lowest BCUT2D eigenvalue weighted by atomic mass is 10.2. The smallest absolute Gasteiger partial charge is 0.245 e. The van der Waals surface area contributed by atoms with E-state index in [9.17, 15) is 4.79 Å². The van der Waals surface area contributed by atoms with Crippen LogP contribution in [0.15, 0.2) is 36.5 Å². The van der Waals surface area contributed by atoms with Gasteiger partial charge in [-0.25, -0.2) is 4.98 Å². The third-order valence-corrected chi connectivity index (χ3v) is 4.70. The first-order chi connectivity index (χ1) is 11.0. The maximum atomic E-state index is 12.2. The molecule has 0 bridgehead atoms. The average molecular weight is 333 g/mol. The minimum absolute atomic E-state index is 0.282. The number of thiazole rings is 1. The molecule has 2 rings (SSSR count). The third-order valence-electron chi connectivity index (χ3n) is 3.49. The van der Waals surface area contributed by atoms with E-state index in [0.29, 0.717) is 17.7 Å². The summed E-state index contributed by atoms with van der Waals surface area (Å²) in [4.78, 5) is 17.5. The van der Waals surface area contributed by atoms with E-state index in [1.807, 2.05) is 30.3 Å². The second kappa shape index (κ2) is 8.19. The summed E-state index contributed by atoms with van der Waals surface area (Å²) >= 11 is 1.47. The average Bonchev–Trinajstić information content (AvgIpc) is 3.01. The zero-order valence-electron chi connectivity index (χ0n) is 13.7. The molecule has 1 aromatic heterocycles. The fourth-order valence-electron chi connectivity index (χ4n) is 1.92. The van der Waals surface area contributed by atoms with Gasteiger partial charge in [-0.15, -0.1) is 11.3 Å². The normalized spacial score (nSPS) is 13.8. The molecular weight excluding hydrogens is 310 g/mol. The predicted molar refractivity (Wildman–Crippen MR) is 93.5 cm³/mol. The molecule has 5 nitrogen and oxygen atoms in total. The number of nitrogens with one attached hydrogen (secondary N) is 1. The quantitative estimate of drug-likeness (QED) is 0.816. The van der Waals surface area contributed by atoms with Crippen molar-refractivity contribution < 1.29 is 9.53 Å². The second-order valence-corrected chi connectivity index (χ2v) is 6.80. The van der Waals surface area contributed by atoms with E-state index in [1.54, 1.807) is 13.1 Å². The van der Waals surface area contributed by atoms with Gasteiger partial charge in [-0.2, -0.15) is 0 Å². The molecule has 0 radical (unpaired) electrons. The largest absolute Gasteiger partial charge is 0.372 e. The van der Waals surface area contributed by atoms with Crippen LogP contribution in [0.5, 0.6) is 0 Å². The van der Waals surface area contributed by atoms with Crippen molar-refractivity contribution in [2.45, 2.75) is 45.4 Å². The highest BCUT2D eigenvalue weighted by Crippen LogP contribution is 2.25. The highest BCUT2D eigenvalue weighted by Gasteiger charge is 2.22. The first kappa shape index (κ1) is 17.6.